The van der Waals surface area contributed by atoms with Crippen LogP contribution in [0, 0.1) is 0 Å². The molecule has 0 radical (unpaired) electrons. The fraction of sp³-hybridized carbons (Fsp3) is 0.294. The average molecular weight is 252 g/mol. The monoisotopic (exact) mass is 252 g/mol. The maximum atomic E-state index is 3.58. The minimum absolute atomic E-state index is 0.540. The zero-order valence-corrected chi connectivity index (χ0v) is 11.1. The van der Waals surface area contributed by atoms with Crippen molar-refractivity contribution in [3.63, 3.8) is 0 Å². The summed E-state index contributed by atoms with van der Waals surface area (Å²) in [6, 6.07) is 19.9. The molecule has 1 saturated heterocycles. The Morgan fingerprint density at radius 2 is 1.68 bits per heavy atom. The van der Waals surface area contributed by atoms with Gasteiger partial charge < -0.3 is 10.6 Å². The molecule has 0 aromatic heterocycles. The van der Waals surface area contributed by atoms with Gasteiger partial charge in [-0.1, -0.05) is 54.6 Å². The van der Waals surface area contributed by atoms with Crippen molar-refractivity contribution in [2.45, 2.75) is 12.5 Å². The highest BCUT2D eigenvalue weighted by molar-refractivity contribution is 5.67. The molecule has 0 bridgehead atoms. The summed E-state index contributed by atoms with van der Waals surface area (Å²) in [6.45, 7) is 3.21. The normalized spacial score (nSPS) is 19.3. The van der Waals surface area contributed by atoms with Crippen LogP contribution in [0.1, 0.15) is 5.56 Å². The van der Waals surface area contributed by atoms with E-state index in [-0.39, 0.29) is 0 Å². The van der Waals surface area contributed by atoms with Gasteiger partial charge in [-0.25, -0.2) is 0 Å². The third kappa shape index (κ3) is 3.03. The number of nitrogens with one attached hydrogen (secondary N) is 2. The SMILES string of the molecule is c1ccc(-c2ccccc2C[C@@H]2CNCCN2)cc1. The Balaban J connectivity index is 1.85. The van der Waals surface area contributed by atoms with E-state index in [1.165, 1.54) is 16.7 Å². The molecule has 1 aliphatic rings. The summed E-state index contributed by atoms with van der Waals surface area (Å²) in [7, 11) is 0. The van der Waals surface area contributed by atoms with Crippen LogP contribution >= 0.6 is 0 Å². The van der Waals surface area contributed by atoms with E-state index in [1.807, 2.05) is 0 Å². The first-order chi connectivity index (χ1) is 9.43. The van der Waals surface area contributed by atoms with Gasteiger partial charge in [-0.15, -0.1) is 0 Å². The Bertz CT molecular complexity index is 516. The molecule has 1 heterocycles. The van der Waals surface area contributed by atoms with E-state index < -0.39 is 0 Å². The molecule has 2 nitrogen and oxygen atoms in total. The second-order valence-corrected chi connectivity index (χ2v) is 5.08. The van der Waals surface area contributed by atoms with E-state index in [0.717, 1.165) is 26.1 Å². The maximum Gasteiger partial charge on any atom is 0.0233 e. The predicted molar refractivity (Wildman–Crippen MR) is 80.2 cm³/mol. The lowest BCUT2D eigenvalue weighted by atomic mass is 9.95. The molecule has 2 heteroatoms. The van der Waals surface area contributed by atoms with Crippen molar-refractivity contribution in [2.75, 3.05) is 19.6 Å². The number of piperazine rings is 1. The Labute approximate surface area is 114 Å². The Morgan fingerprint density at radius 1 is 0.895 bits per heavy atom. The van der Waals surface area contributed by atoms with Crippen molar-refractivity contribution < 1.29 is 0 Å². The van der Waals surface area contributed by atoms with Crippen LogP contribution in [-0.4, -0.2) is 25.7 Å². The number of rotatable bonds is 3. The average Bonchev–Trinajstić information content (AvgIpc) is 2.50. The molecule has 0 spiro atoms. The van der Waals surface area contributed by atoms with Crippen molar-refractivity contribution in [1.82, 2.24) is 10.6 Å². The van der Waals surface area contributed by atoms with Crippen molar-refractivity contribution in [2.24, 2.45) is 0 Å². The van der Waals surface area contributed by atoms with E-state index in [1.54, 1.807) is 0 Å². The van der Waals surface area contributed by atoms with Crippen LogP contribution in [0.4, 0.5) is 0 Å². The summed E-state index contributed by atoms with van der Waals surface area (Å²) < 4.78 is 0. The van der Waals surface area contributed by atoms with Crippen molar-refractivity contribution in [3.8, 4) is 11.1 Å². The van der Waals surface area contributed by atoms with Gasteiger partial charge in [-0.05, 0) is 23.1 Å². The Morgan fingerprint density at radius 3 is 2.47 bits per heavy atom. The first kappa shape index (κ1) is 12.4. The minimum Gasteiger partial charge on any atom is -0.314 e. The van der Waals surface area contributed by atoms with E-state index in [9.17, 15) is 0 Å². The van der Waals surface area contributed by atoms with Gasteiger partial charge in [0.2, 0.25) is 0 Å². The summed E-state index contributed by atoms with van der Waals surface area (Å²) >= 11 is 0. The molecule has 0 aliphatic carbocycles. The summed E-state index contributed by atoms with van der Waals surface area (Å²) in [5.41, 5.74) is 4.09. The molecule has 2 N–H and O–H groups in total. The zero-order chi connectivity index (χ0) is 12.9. The quantitative estimate of drug-likeness (QED) is 0.877. The fourth-order valence-electron chi connectivity index (χ4n) is 2.72. The lowest BCUT2D eigenvalue weighted by Crippen LogP contribution is -2.49. The Kier molecular flexibility index (Phi) is 3.92. The Hall–Kier alpha value is -1.64. The van der Waals surface area contributed by atoms with Crippen LogP contribution in [-0.2, 0) is 6.42 Å². The lowest BCUT2D eigenvalue weighted by molar-refractivity contribution is 0.417. The van der Waals surface area contributed by atoms with Gasteiger partial charge in [0.25, 0.3) is 0 Å². The maximum absolute atomic E-state index is 3.58. The molecular weight excluding hydrogens is 232 g/mol. The number of hydrogen-bond acceptors (Lipinski definition) is 2. The fourth-order valence-corrected chi connectivity index (χ4v) is 2.72. The molecule has 1 fully saturated rings. The van der Waals surface area contributed by atoms with Crippen LogP contribution in [0.2, 0.25) is 0 Å². The first-order valence-corrected chi connectivity index (χ1v) is 7.01. The smallest absolute Gasteiger partial charge is 0.0233 e. The van der Waals surface area contributed by atoms with Gasteiger partial charge in [0.15, 0.2) is 0 Å². The molecule has 98 valence electrons. The van der Waals surface area contributed by atoms with Crippen LogP contribution < -0.4 is 10.6 Å². The molecule has 0 amide bonds. The minimum atomic E-state index is 0.540. The van der Waals surface area contributed by atoms with E-state index in [2.05, 4.69) is 65.2 Å². The standard InChI is InChI=1S/C17H20N2/c1-2-6-14(7-3-1)17-9-5-4-8-15(17)12-16-13-18-10-11-19-16/h1-9,16,18-19H,10-13H2/t16-/m1/s1. The van der Waals surface area contributed by atoms with E-state index in [0.29, 0.717) is 6.04 Å². The summed E-state index contributed by atoms with van der Waals surface area (Å²) in [5.74, 6) is 0. The van der Waals surface area contributed by atoms with Crippen LogP contribution in [0.3, 0.4) is 0 Å². The predicted octanol–water partition coefficient (Wildman–Crippen LogP) is 2.46. The van der Waals surface area contributed by atoms with Crippen LogP contribution in [0.25, 0.3) is 11.1 Å². The van der Waals surface area contributed by atoms with Crippen molar-refractivity contribution >= 4 is 0 Å². The summed E-state index contributed by atoms with van der Waals surface area (Å²) in [4.78, 5) is 0. The van der Waals surface area contributed by atoms with Gasteiger partial charge in [0.05, 0.1) is 0 Å². The summed E-state index contributed by atoms with van der Waals surface area (Å²) in [6.07, 6.45) is 1.08. The molecule has 2 aromatic rings. The van der Waals surface area contributed by atoms with Crippen molar-refractivity contribution in [3.05, 3.63) is 60.2 Å². The molecule has 19 heavy (non-hydrogen) atoms. The van der Waals surface area contributed by atoms with Crippen LogP contribution in [0.15, 0.2) is 54.6 Å². The van der Waals surface area contributed by atoms with Crippen LogP contribution in [0.5, 0.6) is 0 Å². The second-order valence-electron chi connectivity index (χ2n) is 5.08. The molecule has 0 saturated carbocycles. The third-order valence-corrected chi connectivity index (χ3v) is 3.69. The first-order valence-electron chi connectivity index (χ1n) is 7.01. The van der Waals surface area contributed by atoms with Gasteiger partial charge in [-0.2, -0.15) is 0 Å². The molecule has 3 rings (SSSR count). The zero-order valence-electron chi connectivity index (χ0n) is 11.1. The van der Waals surface area contributed by atoms with Gasteiger partial charge in [-0.3, -0.25) is 0 Å². The second kappa shape index (κ2) is 6.00. The topological polar surface area (TPSA) is 24.1 Å². The molecule has 1 atom stereocenters. The van der Waals surface area contributed by atoms with Gasteiger partial charge in [0.1, 0.15) is 0 Å². The number of hydrogen-bond donors (Lipinski definition) is 2. The highest BCUT2D eigenvalue weighted by Gasteiger charge is 2.14. The molecular formula is C17H20N2. The molecule has 0 unspecified atom stereocenters. The highest BCUT2D eigenvalue weighted by Crippen LogP contribution is 2.24. The van der Waals surface area contributed by atoms with Crippen molar-refractivity contribution in [1.29, 1.82) is 0 Å². The lowest BCUT2D eigenvalue weighted by Gasteiger charge is -2.25. The van der Waals surface area contributed by atoms with Gasteiger partial charge >= 0.3 is 0 Å². The largest absolute Gasteiger partial charge is 0.314 e. The molecule has 2 aromatic carbocycles. The third-order valence-electron chi connectivity index (χ3n) is 3.69. The van der Waals surface area contributed by atoms with Gasteiger partial charge in [0, 0.05) is 25.7 Å². The number of benzene rings is 2. The van der Waals surface area contributed by atoms with E-state index >= 15 is 0 Å². The van der Waals surface area contributed by atoms with E-state index in [4.69, 9.17) is 0 Å². The highest BCUT2D eigenvalue weighted by atomic mass is 15.0. The molecule has 1 aliphatic heterocycles. The summed E-state index contributed by atoms with van der Waals surface area (Å²) in [5, 5.41) is 7.04.